The summed E-state index contributed by atoms with van der Waals surface area (Å²) in [5.74, 6) is 0.393. The number of nitrogens with one attached hydrogen (secondary N) is 1. The molecule has 1 aromatic carbocycles. The zero-order valence-electron chi connectivity index (χ0n) is 14.2. The molecule has 0 atom stereocenters. The molecule has 1 saturated heterocycles. The molecule has 0 aliphatic carbocycles. The largest absolute Gasteiger partial charge is 0.473 e. The van der Waals surface area contributed by atoms with Gasteiger partial charge in [0, 0.05) is 38.4 Å². The molecule has 0 bridgehead atoms. The lowest BCUT2D eigenvalue weighted by Gasteiger charge is -2.26. The van der Waals surface area contributed by atoms with Crippen LogP contribution in [0.15, 0.2) is 48.7 Å². The Morgan fingerprint density at radius 3 is 2.68 bits per heavy atom. The van der Waals surface area contributed by atoms with Crippen molar-refractivity contribution in [3.8, 4) is 5.88 Å². The first kappa shape index (κ1) is 17.4. The maximum absolute atomic E-state index is 12.1. The number of hydrogen-bond acceptors (Lipinski definition) is 5. The van der Waals surface area contributed by atoms with Gasteiger partial charge in [-0.3, -0.25) is 9.69 Å². The van der Waals surface area contributed by atoms with Crippen LogP contribution >= 0.6 is 0 Å². The number of carbonyl (C=O) groups is 1. The standard InChI is InChI=1S/C19H23N3O3/c23-19(20-8-9-22-10-12-24-13-11-22)17-6-7-18(21-14-17)25-15-16-4-2-1-3-5-16/h1-7,14H,8-13,15H2,(H,20,23). The van der Waals surface area contributed by atoms with Crippen molar-refractivity contribution in [1.82, 2.24) is 15.2 Å². The fraction of sp³-hybridized carbons (Fsp3) is 0.368. The van der Waals surface area contributed by atoms with E-state index in [0.717, 1.165) is 38.4 Å². The quantitative estimate of drug-likeness (QED) is 0.831. The minimum Gasteiger partial charge on any atom is -0.473 e. The lowest BCUT2D eigenvalue weighted by atomic mass is 10.2. The summed E-state index contributed by atoms with van der Waals surface area (Å²) >= 11 is 0. The van der Waals surface area contributed by atoms with E-state index < -0.39 is 0 Å². The Hall–Kier alpha value is -2.44. The van der Waals surface area contributed by atoms with Gasteiger partial charge in [0.25, 0.3) is 5.91 Å². The molecular weight excluding hydrogens is 318 g/mol. The first-order chi connectivity index (χ1) is 12.3. The SMILES string of the molecule is O=C(NCCN1CCOCC1)c1ccc(OCc2ccccc2)nc1. The van der Waals surface area contributed by atoms with E-state index in [0.29, 0.717) is 24.6 Å². The summed E-state index contributed by atoms with van der Waals surface area (Å²) in [5.41, 5.74) is 1.61. The Kier molecular flexibility index (Phi) is 6.36. The normalized spacial score (nSPS) is 14.9. The van der Waals surface area contributed by atoms with E-state index in [2.05, 4.69) is 15.2 Å². The van der Waals surface area contributed by atoms with Crippen LogP contribution in [-0.2, 0) is 11.3 Å². The molecule has 0 spiro atoms. The van der Waals surface area contributed by atoms with Gasteiger partial charge in [-0.1, -0.05) is 30.3 Å². The summed E-state index contributed by atoms with van der Waals surface area (Å²) in [6.45, 7) is 5.28. The molecule has 1 N–H and O–H groups in total. The third-order valence-electron chi connectivity index (χ3n) is 4.05. The highest BCUT2D eigenvalue weighted by atomic mass is 16.5. The van der Waals surface area contributed by atoms with Crippen LogP contribution < -0.4 is 10.1 Å². The molecule has 6 heteroatoms. The van der Waals surface area contributed by atoms with Crippen LogP contribution in [0.1, 0.15) is 15.9 Å². The van der Waals surface area contributed by atoms with Crippen LogP contribution in [0.5, 0.6) is 5.88 Å². The highest BCUT2D eigenvalue weighted by molar-refractivity contribution is 5.93. The summed E-state index contributed by atoms with van der Waals surface area (Å²) in [6, 6.07) is 13.4. The summed E-state index contributed by atoms with van der Waals surface area (Å²) in [5, 5.41) is 2.92. The molecule has 0 radical (unpaired) electrons. The number of amides is 1. The molecule has 1 aliphatic rings. The topological polar surface area (TPSA) is 63.7 Å². The molecule has 0 saturated carbocycles. The average Bonchev–Trinajstić information content (AvgIpc) is 2.68. The van der Waals surface area contributed by atoms with Crippen LogP contribution in [0.2, 0.25) is 0 Å². The molecule has 2 aromatic rings. The van der Waals surface area contributed by atoms with Crippen LogP contribution in [0.3, 0.4) is 0 Å². The average molecular weight is 341 g/mol. The maximum atomic E-state index is 12.1. The number of pyridine rings is 1. The zero-order chi connectivity index (χ0) is 17.3. The van der Waals surface area contributed by atoms with Gasteiger partial charge < -0.3 is 14.8 Å². The summed E-state index contributed by atoms with van der Waals surface area (Å²) in [4.78, 5) is 18.6. The molecule has 25 heavy (non-hydrogen) atoms. The van der Waals surface area contributed by atoms with Crippen LogP contribution in [0.25, 0.3) is 0 Å². The van der Waals surface area contributed by atoms with E-state index in [1.54, 1.807) is 18.3 Å². The number of hydrogen-bond donors (Lipinski definition) is 1. The first-order valence-corrected chi connectivity index (χ1v) is 8.52. The Balaban J connectivity index is 1.42. The molecular formula is C19H23N3O3. The predicted octanol–water partition coefficient (Wildman–Crippen LogP) is 1.72. The number of rotatable bonds is 7. The number of morpholine rings is 1. The van der Waals surface area contributed by atoms with Crippen molar-refractivity contribution in [1.29, 1.82) is 0 Å². The molecule has 6 nitrogen and oxygen atoms in total. The van der Waals surface area contributed by atoms with Gasteiger partial charge in [-0.05, 0) is 11.6 Å². The Labute approximate surface area is 147 Å². The predicted molar refractivity (Wildman–Crippen MR) is 94.6 cm³/mol. The number of benzene rings is 1. The van der Waals surface area contributed by atoms with Crippen molar-refractivity contribution in [2.45, 2.75) is 6.61 Å². The van der Waals surface area contributed by atoms with Crippen LogP contribution in [0, 0.1) is 0 Å². The van der Waals surface area contributed by atoms with Crippen molar-refractivity contribution in [3.05, 3.63) is 59.8 Å². The molecule has 1 aromatic heterocycles. The highest BCUT2D eigenvalue weighted by Crippen LogP contribution is 2.10. The fourth-order valence-electron chi connectivity index (χ4n) is 2.59. The van der Waals surface area contributed by atoms with Gasteiger partial charge in [0.1, 0.15) is 6.61 Å². The van der Waals surface area contributed by atoms with Gasteiger partial charge in [-0.15, -0.1) is 0 Å². The van der Waals surface area contributed by atoms with Crippen molar-refractivity contribution < 1.29 is 14.3 Å². The van der Waals surface area contributed by atoms with E-state index in [1.807, 2.05) is 30.3 Å². The number of nitrogens with zero attached hydrogens (tertiary/aromatic N) is 2. The smallest absolute Gasteiger partial charge is 0.252 e. The van der Waals surface area contributed by atoms with Crippen molar-refractivity contribution >= 4 is 5.91 Å². The van der Waals surface area contributed by atoms with Gasteiger partial charge in [0.2, 0.25) is 5.88 Å². The van der Waals surface area contributed by atoms with E-state index in [4.69, 9.17) is 9.47 Å². The number of ether oxygens (including phenoxy) is 2. The number of aromatic nitrogens is 1. The molecule has 0 unspecified atom stereocenters. The Bertz CT molecular complexity index is 655. The van der Waals surface area contributed by atoms with E-state index in [9.17, 15) is 4.79 Å². The molecule has 1 fully saturated rings. The highest BCUT2D eigenvalue weighted by Gasteiger charge is 2.11. The van der Waals surface area contributed by atoms with Gasteiger partial charge in [0.05, 0.1) is 18.8 Å². The third kappa shape index (κ3) is 5.55. The Morgan fingerprint density at radius 2 is 1.96 bits per heavy atom. The van der Waals surface area contributed by atoms with Gasteiger partial charge in [0.15, 0.2) is 0 Å². The second-order valence-electron chi connectivity index (χ2n) is 5.87. The summed E-state index contributed by atoms with van der Waals surface area (Å²) in [7, 11) is 0. The molecule has 1 amide bonds. The van der Waals surface area contributed by atoms with E-state index in [-0.39, 0.29) is 5.91 Å². The summed E-state index contributed by atoms with van der Waals surface area (Å²) in [6.07, 6.45) is 1.55. The maximum Gasteiger partial charge on any atom is 0.252 e. The van der Waals surface area contributed by atoms with Crippen LogP contribution in [-0.4, -0.2) is 55.2 Å². The van der Waals surface area contributed by atoms with Gasteiger partial charge >= 0.3 is 0 Å². The first-order valence-electron chi connectivity index (χ1n) is 8.52. The molecule has 2 heterocycles. The van der Waals surface area contributed by atoms with E-state index >= 15 is 0 Å². The zero-order valence-corrected chi connectivity index (χ0v) is 14.2. The van der Waals surface area contributed by atoms with Crippen molar-refractivity contribution in [3.63, 3.8) is 0 Å². The minimum absolute atomic E-state index is 0.115. The van der Waals surface area contributed by atoms with Crippen molar-refractivity contribution in [2.75, 3.05) is 39.4 Å². The minimum atomic E-state index is -0.115. The second-order valence-corrected chi connectivity index (χ2v) is 5.87. The monoisotopic (exact) mass is 341 g/mol. The third-order valence-corrected chi connectivity index (χ3v) is 4.05. The second kappa shape index (κ2) is 9.15. The van der Waals surface area contributed by atoms with Crippen molar-refractivity contribution in [2.24, 2.45) is 0 Å². The Morgan fingerprint density at radius 1 is 1.16 bits per heavy atom. The summed E-state index contributed by atoms with van der Waals surface area (Å²) < 4.78 is 10.9. The van der Waals surface area contributed by atoms with Gasteiger partial charge in [-0.2, -0.15) is 0 Å². The molecule has 3 rings (SSSR count). The number of carbonyl (C=O) groups excluding carboxylic acids is 1. The van der Waals surface area contributed by atoms with E-state index in [1.165, 1.54) is 0 Å². The van der Waals surface area contributed by atoms with Gasteiger partial charge in [-0.25, -0.2) is 4.98 Å². The lowest BCUT2D eigenvalue weighted by molar-refractivity contribution is 0.0383. The van der Waals surface area contributed by atoms with Crippen LogP contribution in [0.4, 0.5) is 0 Å². The lowest BCUT2D eigenvalue weighted by Crippen LogP contribution is -2.41. The molecule has 1 aliphatic heterocycles. The molecule has 132 valence electrons. The fourth-order valence-corrected chi connectivity index (χ4v) is 2.59.